The zero-order valence-electron chi connectivity index (χ0n) is 17.6. The summed E-state index contributed by atoms with van der Waals surface area (Å²) in [6.07, 6.45) is 1.08. The molecule has 1 aliphatic heterocycles. The quantitative estimate of drug-likeness (QED) is 0.298. The summed E-state index contributed by atoms with van der Waals surface area (Å²) in [6.45, 7) is 1.04. The van der Waals surface area contributed by atoms with Gasteiger partial charge in [-0.2, -0.15) is 4.31 Å². The van der Waals surface area contributed by atoms with E-state index in [0.29, 0.717) is 5.76 Å². The molecule has 0 N–H and O–H groups in total. The number of rotatable bonds is 7. The van der Waals surface area contributed by atoms with Gasteiger partial charge in [-0.1, -0.05) is 18.2 Å². The molecule has 33 heavy (non-hydrogen) atoms. The minimum atomic E-state index is -4.13. The lowest BCUT2D eigenvalue weighted by molar-refractivity contribution is -0.132. The number of anilines is 1. The highest BCUT2D eigenvalue weighted by Crippen LogP contribution is 2.31. The van der Waals surface area contributed by atoms with E-state index in [9.17, 15) is 22.8 Å². The topological polar surface area (TPSA) is 114 Å². The van der Waals surface area contributed by atoms with Crippen molar-refractivity contribution in [2.24, 2.45) is 0 Å². The fourth-order valence-corrected chi connectivity index (χ4v) is 5.16. The highest BCUT2D eigenvalue weighted by molar-refractivity contribution is 7.89. The molecule has 1 aromatic heterocycles. The molecular formula is C23H20N2O7S. The molecule has 4 rings (SSSR count). The van der Waals surface area contributed by atoms with E-state index in [0.717, 1.165) is 9.21 Å². The molecule has 2 aromatic carbocycles. The normalized spacial score (nSPS) is 16.4. The van der Waals surface area contributed by atoms with Gasteiger partial charge in [-0.15, -0.1) is 0 Å². The maximum Gasteiger partial charge on any atom is 0.308 e. The number of nitrogens with zero attached hydrogens (tertiary/aromatic N) is 2. The van der Waals surface area contributed by atoms with Crippen LogP contribution in [-0.2, 0) is 31.0 Å². The predicted molar refractivity (Wildman–Crippen MR) is 117 cm³/mol. The van der Waals surface area contributed by atoms with Gasteiger partial charge in [-0.25, -0.2) is 13.3 Å². The summed E-state index contributed by atoms with van der Waals surface area (Å²) in [7, 11) is -4.13. The molecule has 10 heteroatoms. The third-order valence-electron chi connectivity index (χ3n) is 5.07. The van der Waals surface area contributed by atoms with E-state index < -0.39 is 33.8 Å². The molecule has 0 bridgehead atoms. The molecular weight excluding hydrogens is 448 g/mol. The van der Waals surface area contributed by atoms with Crippen LogP contribution in [0.3, 0.4) is 0 Å². The Hall–Kier alpha value is -3.76. The zero-order valence-corrected chi connectivity index (χ0v) is 18.4. The van der Waals surface area contributed by atoms with Crippen molar-refractivity contribution >= 4 is 33.5 Å². The Morgan fingerprint density at radius 3 is 2.36 bits per heavy atom. The second-order valence-electron chi connectivity index (χ2n) is 7.32. The second-order valence-corrected chi connectivity index (χ2v) is 9.21. The summed E-state index contributed by atoms with van der Waals surface area (Å²) in [5.74, 6) is -1.13. The van der Waals surface area contributed by atoms with Gasteiger partial charge >= 0.3 is 5.97 Å². The van der Waals surface area contributed by atoms with E-state index in [4.69, 9.17) is 9.15 Å². The number of amides is 2. The van der Waals surface area contributed by atoms with Gasteiger partial charge < -0.3 is 9.15 Å². The average molecular weight is 468 g/mol. The molecule has 0 aliphatic carbocycles. The largest absolute Gasteiger partial charge is 0.468 e. The minimum absolute atomic E-state index is 0.000916. The Morgan fingerprint density at radius 1 is 1.06 bits per heavy atom. The van der Waals surface area contributed by atoms with Gasteiger partial charge in [0.15, 0.2) is 0 Å². The van der Waals surface area contributed by atoms with Crippen molar-refractivity contribution in [1.29, 1.82) is 0 Å². The standard InChI is InChI=1S/C23H20N2O7S/c1-16(26)32-18-11-9-17(10-12-18)25-22(27)14-21(23(25)28)24(15-19-6-5-13-31-19)33(29,30)20-7-3-2-4-8-20/h2-13,21H,14-15H2,1H3. The maximum atomic E-state index is 13.4. The van der Waals surface area contributed by atoms with Crippen LogP contribution in [0, 0.1) is 0 Å². The molecule has 1 atom stereocenters. The fourth-order valence-electron chi connectivity index (χ4n) is 3.59. The maximum absolute atomic E-state index is 13.4. The number of benzene rings is 2. The predicted octanol–water partition coefficient (Wildman–Crippen LogP) is 2.73. The Labute approximate surface area is 190 Å². The van der Waals surface area contributed by atoms with Gasteiger partial charge in [0.25, 0.3) is 5.91 Å². The lowest BCUT2D eigenvalue weighted by Gasteiger charge is -2.26. The van der Waals surface area contributed by atoms with E-state index in [1.165, 1.54) is 49.6 Å². The van der Waals surface area contributed by atoms with Crippen LogP contribution in [0.15, 0.2) is 82.3 Å². The number of imide groups is 1. The van der Waals surface area contributed by atoms with Crippen molar-refractivity contribution in [2.45, 2.75) is 30.8 Å². The second kappa shape index (κ2) is 9.00. The third-order valence-corrected chi connectivity index (χ3v) is 6.94. The molecule has 2 amide bonds. The average Bonchev–Trinajstić information content (AvgIpc) is 3.40. The highest BCUT2D eigenvalue weighted by Gasteiger charge is 2.47. The molecule has 1 unspecified atom stereocenters. The number of hydrogen-bond donors (Lipinski definition) is 0. The summed E-state index contributed by atoms with van der Waals surface area (Å²) >= 11 is 0. The van der Waals surface area contributed by atoms with Gasteiger partial charge in [-0.3, -0.25) is 14.4 Å². The Balaban J connectivity index is 1.67. The van der Waals surface area contributed by atoms with E-state index in [1.807, 2.05) is 0 Å². The van der Waals surface area contributed by atoms with Crippen LogP contribution in [0.2, 0.25) is 0 Å². The van der Waals surface area contributed by atoms with Crippen molar-refractivity contribution in [3.05, 3.63) is 78.8 Å². The summed E-state index contributed by atoms with van der Waals surface area (Å²) in [5, 5.41) is 0. The number of hydrogen-bond acceptors (Lipinski definition) is 7. The van der Waals surface area contributed by atoms with Crippen molar-refractivity contribution < 1.29 is 32.0 Å². The summed E-state index contributed by atoms with van der Waals surface area (Å²) in [5.41, 5.74) is 0.249. The minimum Gasteiger partial charge on any atom is -0.468 e. The van der Waals surface area contributed by atoms with E-state index >= 15 is 0 Å². The lowest BCUT2D eigenvalue weighted by atomic mass is 10.2. The smallest absolute Gasteiger partial charge is 0.308 e. The highest BCUT2D eigenvalue weighted by atomic mass is 32.2. The first kappa shape index (κ1) is 22.4. The van der Waals surface area contributed by atoms with Gasteiger partial charge in [0.1, 0.15) is 17.6 Å². The molecule has 9 nitrogen and oxygen atoms in total. The van der Waals surface area contributed by atoms with Crippen molar-refractivity contribution in [3.63, 3.8) is 0 Å². The summed E-state index contributed by atoms with van der Waals surface area (Å²) in [6, 6.07) is 15.5. The number of esters is 1. The first-order valence-electron chi connectivity index (χ1n) is 10.0. The van der Waals surface area contributed by atoms with E-state index in [-0.39, 0.29) is 29.3 Å². The van der Waals surface area contributed by atoms with Gasteiger partial charge in [0, 0.05) is 6.92 Å². The molecule has 1 aliphatic rings. The Kier molecular flexibility index (Phi) is 6.12. The van der Waals surface area contributed by atoms with Crippen molar-refractivity contribution in [3.8, 4) is 5.75 Å². The Bertz CT molecular complexity index is 1270. The number of carbonyl (C=O) groups excluding carboxylic acids is 3. The molecule has 170 valence electrons. The summed E-state index contributed by atoms with van der Waals surface area (Å²) < 4.78 is 38.2. The molecule has 3 aromatic rings. The van der Waals surface area contributed by atoms with Crippen LogP contribution >= 0.6 is 0 Å². The van der Waals surface area contributed by atoms with Crippen LogP contribution in [0.25, 0.3) is 0 Å². The lowest BCUT2D eigenvalue weighted by Crippen LogP contribution is -2.45. The number of ether oxygens (including phenoxy) is 1. The van der Waals surface area contributed by atoms with Crippen LogP contribution < -0.4 is 9.64 Å². The van der Waals surface area contributed by atoms with Gasteiger partial charge in [0.2, 0.25) is 15.9 Å². The number of carbonyl (C=O) groups is 3. The number of sulfonamides is 1. The SMILES string of the molecule is CC(=O)Oc1ccc(N2C(=O)CC(N(Cc3ccco3)S(=O)(=O)c3ccccc3)C2=O)cc1. The number of furan rings is 1. The molecule has 1 fully saturated rings. The van der Waals surface area contributed by atoms with E-state index in [2.05, 4.69) is 0 Å². The first-order valence-corrected chi connectivity index (χ1v) is 11.5. The molecule has 2 heterocycles. The van der Waals surface area contributed by atoms with Crippen molar-refractivity contribution in [1.82, 2.24) is 4.31 Å². The monoisotopic (exact) mass is 468 g/mol. The molecule has 0 radical (unpaired) electrons. The van der Waals surface area contributed by atoms with Crippen LogP contribution in [-0.4, -0.2) is 36.5 Å². The molecule has 0 saturated carbocycles. The zero-order chi connectivity index (χ0) is 23.6. The van der Waals surface area contributed by atoms with Crippen LogP contribution in [0.4, 0.5) is 5.69 Å². The van der Waals surface area contributed by atoms with Crippen LogP contribution in [0.1, 0.15) is 19.1 Å². The first-order chi connectivity index (χ1) is 15.8. The third kappa shape index (κ3) is 4.57. The van der Waals surface area contributed by atoms with E-state index in [1.54, 1.807) is 30.3 Å². The Morgan fingerprint density at radius 2 is 1.76 bits per heavy atom. The summed E-state index contributed by atoms with van der Waals surface area (Å²) in [4.78, 5) is 38.2. The molecule has 0 spiro atoms. The van der Waals surface area contributed by atoms with Gasteiger partial charge in [0.05, 0.1) is 29.8 Å². The van der Waals surface area contributed by atoms with Crippen molar-refractivity contribution in [2.75, 3.05) is 4.90 Å². The fraction of sp³-hybridized carbons (Fsp3) is 0.174. The van der Waals surface area contributed by atoms with Crippen LogP contribution in [0.5, 0.6) is 5.75 Å². The van der Waals surface area contributed by atoms with Gasteiger partial charge in [-0.05, 0) is 48.5 Å². The molecule has 1 saturated heterocycles.